The number of hydrogen-bond donors (Lipinski definition) is 4. The lowest BCUT2D eigenvalue weighted by Gasteiger charge is -2.17. The van der Waals surface area contributed by atoms with E-state index >= 15 is 0 Å². The number of nitrogens with one attached hydrogen (secondary N) is 2. The molecule has 4 N–H and O–H groups in total. The van der Waals surface area contributed by atoms with Crippen molar-refractivity contribution in [1.82, 2.24) is 0 Å². The van der Waals surface area contributed by atoms with Gasteiger partial charge >= 0.3 is 11.9 Å². The summed E-state index contributed by atoms with van der Waals surface area (Å²) in [5.74, 6) is -3.65. The van der Waals surface area contributed by atoms with Crippen LogP contribution >= 0.6 is 0 Å². The molecule has 0 radical (unpaired) electrons. The Hall–Kier alpha value is -4.58. The summed E-state index contributed by atoms with van der Waals surface area (Å²) in [5.41, 5.74) is 21.0. The zero-order valence-corrected chi connectivity index (χ0v) is 28.3. The molecule has 6 heteroatoms. The van der Waals surface area contributed by atoms with Crippen LogP contribution in [0.5, 0.6) is 0 Å². The zero-order valence-electron chi connectivity index (χ0n) is 28.3. The fourth-order valence-corrected chi connectivity index (χ4v) is 4.66. The number of rotatable bonds is 4. The van der Waals surface area contributed by atoms with E-state index in [0.717, 1.165) is 0 Å². The number of aliphatic carboxylic acids is 2. The van der Waals surface area contributed by atoms with Gasteiger partial charge < -0.3 is 20.8 Å². The lowest BCUT2D eigenvalue weighted by atomic mass is 10.0. The molecule has 0 saturated heterocycles. The molecule has 0 aliphatic carbocycles. The Morgan fingerprint density at radius 1 is 0.364 bits per heavy atom. The van der Waals surface area contributed by atoms with Crippen molar-refractivity contribution < 1.29 is 19.8 Å². The van der Waals surface area contributed by atoms with Gasteiger partial charge in [0.1, 0.15) is 0 Å². The normalized spacial score (nSPS) is 10.2. The third-order valence-corrected chi connectivity index (χ3v) is 8.95. The van der Waals surface area contributed by atoms with Crippen molar-refractivity contribution in [1.29, 1.82) is 0 Å². The number of aryl methyl sites for hydroxylation is 4. The Balaban J connectivity index is 0.000000260. The van der Waals surface area contributed by atoms with Crippen LogP contribution in [-0.2, 0) is 9.59 Å². The fraction of sp³-hybridized carbons (Fsp3) is 0.316. The third kappa shape index (κ3) is 8.73. The molecule has 0 unspecified atom stereocenters. The van der Waals surface area contributed by atoms with Crippen LogP contribution in [0.2, 0.25) is 0 Å². The summed E-state index contributed by atoms with van der Waals surface area (Å²) < 4.78 is 0. The summed E-state index contributed by atoms with van der Waals surface area (Å²) in [6, 6.07) is 17.4. The fourth-order valence-electron chi connectivity index (χ4n) is 4.66. The maximum absolute atomic E-state index is 9.10. The van der Waals surface area contributed by atoms with Crippen LogP contribution in [0.15, 0.2) is 48.5 Å². The molecule has 4 aromatic carbocycles. The smallest absolute Gasteiger partial charge is 0.414 e. The maximum atomic E-state index is 9.10. The van der Waals surface area contributed by atoms with E-state index in [-0.39, 0.29) is 0 Å². The molecule has 6 nitrogen and oxygen atoms in total. The molecule has 4 rings (SSSR count). The van der Waals surface area contributed by atoms with Crippen molar-refractivity contribution in [2.45, 2.75) is 83.1 Å². The minimum Gasteiger partial charge on any atom is -0.473 e. The van der Waals surface area contributed by atoms with Gasteiger partial charge in [0, 0.05) is 22.7 Å². The van der Waals surface area contributed by atoms with E-state index in [4.69, 9.17) is 19.8 Å². The minimum atomic E-state index is -1.82. The number of hydrogen-bond acceptors (Lipinski definition) is 4. The number of carboxylic acids is 2. The zero-order chi connectivity index (χ0) is 33.5. The van der Waals surface area contributed by atoms with Crippen LogP contribution in [0, 0.1) is 83.1 Å². The predicted octanol–water partition coefficient (Wildman–Crippen LogP) is 9.72. The molecule has 0 bridgehead atoms. The van der Waals surface area contributed by atoms with Crippen molar-refractivity contribution in [3.8, 4) is 0 Å². The number of carboxylic acid groups (broad SMARTS) is 2. The first-order chi connectivity index (χ1) is 20.5. The predicted molar refractivity (Wildman–Crippen MR) is 184 cm³/mol. The highest BCUT2D eigenvalue weighted by atomic mass is 16.4. The molecule has 0 atom stereocenters. The van der Waals surface area contributed by atoms with E-state index < -0.39 is 11.9 Å². The lowest BCUT2D eigenvalue weighted by Crippen LogP contribution is -2.09. The highest BCUT2D eigenvalue weighted by Gasteiger charge is 2.09. The summed E-state index contributed by atoms with van der Waals surface area (Å²) in [5, 5.41) is 21.9. The van der Waals surface area contributed by atoms with Gasteiger partial charge in [-0.05, 0) is 174 Å². The summed E-state index contributed by atoms with van der Waals surface area (Å²) in [6.07, 6.45) is 0. The third-order valence-electron chi connectivity index (χ3n) is 8.95. The number of benzene rings is 4. The van der Waals surface area contributed by atoms with E-state index in [1.165, 1.54) is 89.5 Å². The van der Waals surface area contributed by atoms with Gasteiger partial charge in [0.2, 0.25) is 0 Å². The largest absolute Gasteiger partial charge is 0.473 e. The van der Waals surface area contributed by atoms with Crippen LogP contribution in [0.25, 0.3) is 0 Å². The Morgan fingerprint density at radius 2 is 0.545 bits per heavy atom. The maximum Gasteiger partial charge on any atom is 0.414 e. The second-order valence-corrected chi connectivity index (χ2v) is 11.6. The van der Waals surface area contributed by atoms with E-state index in [1.807, 2.05) is 0 Å². The molecule has 44 heavy (non-hydrogen) atoms. The summed E-state index contributed by atoms with van der Waals surface area (Å²) in [4.78, 5) is 18.2. The standard InChI is InChI=1S/2C18H23N.C2H2O4/c2*1-11-7-9-17(15(5)13(11)3)19-18-10-8-12(2)14(4)16(18)6;3-1(4)2(5)6/h2*7-10,19H,1-6H3;(H,3,4)(H,5,6). The van der Waals surface area contributed by atoms with Crippen molar-refractivity contribution in [2.24, 2.45) is 0 Å². The van der Waals surface area contributed by atoms with E-state index in [2.05, 4.69) is 142 Å². The molecule has 0 heterocycles. The summed E-state index contributed by atoms with van der Waals surface area (Å²) in [6.45, 7) is 26.1. The lowest BCUT2D eigenvalue weighted by molar-refractivity contribution is -0.159. The van der Waals surface area contributed by atoms with Gasteiger partial charge in [0.05, 0.1) is 0 Å². The van der Waals surface area contributed by atoms with Crippen LogP contribution < -0.4 is 10.6 Å². The SMILES string of the molecule is Cc1ccc(Nc2ccc(C)c(C)c2C)c(C)c1C.Cc1ccc(Nc2ccc(C)c(C)c2C)c(C)c1C.O=C(O)C(=O)O. The van der Waals surface area contributed by atoms with Gasteiger partial charge in [-0.25, -0.2) is 9.59 Å². The molecular weight excluding hydrogens is 548 g/mol. The number of carbonyl (C=O) groups is 2. The first kappa shape index (κ1) is 35.6. The van der Waals surface area contributed by atoms with Gasteiger partial charge in [-0.3, -0.25) is 0 Å². The molecular formula is C38H48N2O4. The van der Waals surface area contributed by atoms with Crippen LogP contribution in [0.4, 0.5) is 22.7 Å². The Kier molecular flexibility index (Phi) is 12.3. The molecule has 0 fully saturated rings. The van der Waals surface area contributed by atoms with Crippen molar-refractivity contribution in [2.75, 3.05) is 10.6 Å². The van der Waals surface area contributed by atoms with Gasteiger partial charge in [0.15, 0.2) is 0 Å². The van der Waals surface area contributed by atoms with Crippen LogP contribution in [-0.4, -0.2) is 22.2 Å². The highest BCUT2D eigenvalue weighted by Crippen LogP contribution is 2.30. The van der Waals surface area contributed by atoms with Gasteiger partial charge in [-0.15, -0.1) is 0 Å². The molecule has 0 aromatic heterocycles. The molecule has 0 saturated carbocycles. The second-order valence-electron chi connectivity index (χ2n) is 11.6. The summed E-state index contributed by atoms with van der Waals surface area (Å²) >= 11 is 0. The van der Waals surface area contributed by atoms with Gasteiger partial charge in [-0.1, -0.05) is 24.3 Å². The molecule has 234 valence electrons. The van der Waals surface area contributed by atoms with E-state index in [1.54, 1.807) is 0 Å². The van der Waals surface area contributed by atoms with E-state index in [0.29, 0.717) is 0 Å². The average Bonchev–Trinajstić information content (AvgIpc) is 2.98. The van der Waals surface area contributed by atoms with Crippen molar-refractivity contribution >= 4 is 34.7 Å². The van der Waals surface area contributed by atoms with Crippen LogP contribution in [0.3, 0.4) is 0 Å². The molecule has 0 amide bonds. The average molecular weight is 597 g/mol. The van der Waals surface area contributed by atoms with E-state index in [9.17, 15) is 0 Å². The Labute approximate surface area is 263 Å². The first-order valence-electron chi connectivity index (χ1n) is 14.7. The first-order valence-corrected chi connectivity index (χ1v) is 14.7. The minimum absolute atomic E-state index is 1.20. The second kappa shape index (κ2) is 15.2. The molecule has 0 spiro atoms. The van der Waals surface area contributed by atoms with Gasteiger partial charge in [-0.2, -0.15) is 0 Å². The Bertz CT molecular complexity index is 1450. The quantitative estimate of drug-likeness (QED) is 0.175. The van der Waals surface area contributed by atoms with Crippen LogP contribution in [0.1, 0.15) is 66.8 Å². The topological polar surface area (TPSA) is 98.7 Å². The molecule has 4 aromatic rings. The highest BCUT2D eigenvalue weighted by molar-refractivity contribution is 6.27. The molecule has 0 aliphatic heterocycles. The number of anilines is 4. The molecule has 0 aliphatic rings. The summed E-state index contributed by atoms with van der Waals surface area (Å²) in [7, 11) is 0. The Morgan fingerprint density at radius 3 is 0.705 bits per heavy atom. The van der Waals surface area contributed by atoms with Gasteiger partial charge in [0.25, 0.3) is 0 Å². The van der Waals surface area contributed by atoms with Crippen molar-refractivity contribution in [3.05, 3.63) is 115 Å². The monoisotopic (exact) mass is 596 g/mol. The van der Waals surface area contributed by atoms with Crippen molar-refractivity contribution in [3.63, 3.8) is 0 Å².